The third-order valence-electron chi connectivity index (χ3n) is 5.62. The zero-order chi connectivity index (χ0) is 22.5. The van der Waals surface area contributed by atoms with E-state index < -0.39 is 22.0 Å². The van der Waals surface area contributed by atoms with E-state index in [1.807, 2.05) is 20.2 Å². The molecule has 0 fully saturated rings. The molecule has 0 saturated heterocycles. The topological polar surface area (TPSA) is 77.4 Å². The Kier molecular flexibility index (Phi) is 12.8. The van der Waals surface area contributed by atoms with Gasteiger partial charge in [0.05, 0.1) is 30.0 Å². The summed E-state index contributed by atoms with van der Waals surface area (Å²) in [5.74, 6) is -0.727. The number of unbranched alkanes of at least 4 members (excludes halogenated alkanes) is 9. The van der Waals surface area contributed by atoms with Crippen molar-refractivity contribution in [1.82, 2.24) is 0 Å². The molecule has 0 aliphatic heterocycles. The Morgan fingerprint density at radius 3 is 1.93 bits per heavy atom. The van der Waals surface area contributed by atoms with Gasteiger partial charge in [-0.25, -0.2) is 8.42 Å². The number of aliphatic hydroxyl groups excluding tert-OH is 1. The zero-order valence-corrected chi connectivity index (χ0v) is 20.1. The molecular formula is C24H43NO4S. The predicted octanol–water partition coefficient (Wildman–Crippen LogP) is 4.63. The molecule has 1 aromatic carbocycles. The van der Waals surface area contributed by atoms with Crippen LogP contribution in [0.2, 0.25) is 0 Å². The van der Waals surface area contributed by atoms with Gasteiger partial charge in [-0.3, -0.25) is 0 Å². The van der Waals surface area contributed by atoms with Crippen LogP contribution in [0.5, 0.6) is 0 Å². The fraction of sp³-hybridized carbons (Fsp3) is 0.750. The van der Waals surface area contributed by atoms with E-state index >= 15 is 0 Å². The summed E-state index contributed by atoms with van der Waals surface area (Å²) in [5, 5.41) is 9.98. The summed E-state index contributed by atoms with van der Waals surface area (Å²) in [7, 11) is -0.502. The lowest BCUT2D eigenvalue weighted by Gasteiger charge is -2.33. The van der Waals surface area contributed by atoms with Crippen molar-refractivity contribution < 1.29 is 22.6 Å². The lowest BCUT2D eigenvalue weighted by Crippen LogP contribution is -2.46. The summed E-state index contributed by atoms with van der Waals surface area (Å²) in [6.07, 6.45) is 13.1. The van der Waals surface area contributed by atoms with Crippen LogP contribution in [0.25, 0.3) is 0 Å². The Bertz CT molecular complexity index is 688. The number of nitrogens with zero attached hydrogens (tertiary/aromatic N) is 1. The SMILES string of the molecule is CCCCCCCCCCCCc1ccccc1C[N+](C)(C)CC(O)CS(=O)(=O)[O-]. The van der Waals surface area contributed by atoms with E-state index in [0.29, 0.717) is 11.0 Å². The molecule has 0 bridgehead atoms. The number of aryl methyl sites for hydroxylation is 1. The number of benzene rings is 1. The first kappa shape index (κ1) is 27.1. The van der Waals surface area contributed by atoms with E-state index in [-0.39, 0.29) is 6.54 Å². The van der Waals surface area contributed by atoms with Crippen molar-refractivity contribution in [2.75, 3.05) is 26.4 Å². The number of hydrogen-bond donors (Lipinski definition) is 1. The summed E-state index contributed by atoms with van der Waals surface area (Å²) >= 11 is 0. The maximum atomic E-state index is 10.9. The smallest absolute Gasteiger partial charge is 0.116 e. The molecule has 0 radical (unpaired) electrons. The number of hydrogen-bond acceptors (Lipinski definition) is 4. The molecule has 0 aromatic heterocycles. The Labute approximate surface area is 184 Å². The van der Waals surface area contributed by atoms with Crippen molar-refractivity contribution in [3.05, 3.63) is 35.4 Å². The molecule has 0 heterocycles. The van der Waals surface area contributed by atoms with Gasteiger partial charge in [-0.15, -0.1) is 0 Å². The second-order valence-electron chi connectivity index (χ2n) is 9.36. The molecule has 6 heteroatoms. The molecule has 1 unspecified atom stereocenters. The lowest BCUT2D eigenvalue weighted by molar-refractivity contribution is -0.906. The first-order chi connectivity index (χ1) is 14.1. The van der Waals surface area contributed by atoms with Crippen molar-refractivity contribution in [3.63, 3.8) is 0 Å². The van der Waals surface area contributed by atoms with Crippen LogP contribution in [0.4, 0.5) is 0 Å². The summed E-state index contributed by atoms with van der Waals surface area (Å²) in [5.41, 5.74) is 2.56. The monoisotopic (exact) mass is 441 g/mol. The molecule has 1 aromatic rings. The highest BCUT2D eigenvalue weighted by Gasteiger charge is 2.23. The fourth-order valence-corrected chi connectivity index (χ4v) is 4.72. The van der Waals surface area contributed by atoms with E-state index in [2.05, 4.69) is 25.1 Å². The van der Waals surface area contributed by atoms with Gasteiger partial charge in [0.2, 0.25) is 0 Å². The van der Waals surface area contributed by atoms with Gasteiger partial charge in [-0.2, -0.15) is 0 Å². The first-order valence-electron chi connectivity index (χ1n) is 11.6. The molecule has 5 nitrogen and oxygen atoms in total. The molecule has 0 spiro atoms. The predicted molar refractivity (Wildman–Crippen MR) is 123 cm³/mol. The highest BCUT2D eigenvalue weighted by Crippen LogP contribution is 2.19. The van der Waals surface area contributed by atoms with Crippen LogP contribution < -0.4 is 0 Å². The summed E-state index contributed by atoms with van der Waals surface area (Å²) < 4.78 is 33.1. The largest absolute Gasteiger partial charge is 0.748 e. The quantitative estimate of drug-likeness (QED) is 0.217. The minimum atomic E-state index is -4.41. The third kappa shape index (κ3) is 13.4. The van der Waals surface area contributed by atoms with Gasteiger partial charge in [-0.05, 0) is 18.4 Å². The lowest BCUT2D eigenvalue weighted by atomic mass is 9.99. The van der Waals surface area contributed by atoms with Gasteiger partial charge >= 0.3 is 0 Å². The minimum absolute atomic E-state index is 0.230. The van der Waals surface area contributed by atoms with Gasteiger partial charge in [0.25, 0.3) is 0 Å². The van der Waals surface area contributed by atoms with Crippen molar-refractivity contribution in [3.8, 4) is 0 Å². The number of quaternary nitrogens is 1. The molecular weight excluding hydrogens is 398 g/mol. The second-order valence-corrected chi connectivity index (χ2v) is 10.8. The Balaban J connectivity index is 2.39. The molecule has 1 N–H and O–H groups in total. The van der Waals surface area contributed by atoms with E-state index in [9.17, 15) is 18.1 Å². The normalized spacial score (nSPS) is 13.5. The Morgan fingerprint density at radius 2 is 1.40 bits per heavy atom. The summed E-state index contributed by atoms with van der Waals surface area (Å²) in [6, 6.07) is 8.37. The van der Waals surface area contributed by atoms with Crippen LogP contribution in [0.3, 0.4) is 0 Å². The van der Waals surface area contributed by atoms with E-state index in [0.717, 1.165) is 6.42 Å². The molecule has 0 aliphatic carbocycles. The van der Waals surface area contributed by atoms with Crippen molar-refractivity contribution in [2.45, 2.75) is 90.2 Å². The molecule has 30 heavy (non-hydrogen) atoms. The summed E-state index contributed by atoms with van der Waals surface area (Å²) in [6.45, 7) is 3.18. The number of likely N-dealkylation sites (N-methyl/N-ethyl adjacent to an activating group) is 1. The minimum Gasteiger partial charge on any atom is -0.748 e. The van der Waals surface area contributed by atoms with Crippen LogP contribution in [0, 0.1) is 0 Å². The van der Waals surface area contributed by atoms with Crippen molar-refractivity contribution in [2.24, 2.45) is 0 Å². The van der Waals surface area contributed by atoms with Crippen LogP contribution >= 0.6 is 0 Å². The molecule has 1 rings (SSSR count). The Hall–Kier alpha value is -0.950. The van der Waals surface area contributed by atoms with Crippen LogP contribution in [-0.4, -0.2) is 55.1 Å². The van der Waals surface area contributed by atoms with Gasteiger partial charge in [0, 0.05) is 5.56 Å². The molecule has 0 aliphatic rings. The van der Waals surface area contributed by atoms with Crippen LogP contribution in [-0.2, 0) is 23.1 Å². The standard InChI is InChI=1S/C24H43NO4S/c1-4-5-6-7-8-9-10-11-12-13-16-22-17-14-15-18-23(22)19-25(2,3)20-24(26)21-30(27,28)29/h14-15,17-18,24,26H,4-13,16,19-21H2,1-3H3. The van der Waals surface area contributed by atoms with Gasteiger partial charge < -0.3 is 14.1 Å². The maximum Gasteiger partial charge on any atom is 0.116 e. The van der Waals surface area contributed by atoms with E-state index in [4.69, 9.17) is 0 Å². The molecule has 1 atom stereocenters. The highest BCUT2D eigenvalue weighted by atomic mass is 32.2. The van der Waals surface area contributed by atoms with Crippen LogP contribution in [0.1, 0.15) is 82.3 Å². The first-order valence-corrected chi connectivity index (χ1v) is 13.2. The summed E-state index contributed by atoms with van der Waals surface area (Å²) in [4.78, 5) is 0. The molecule has 174 valence electrons. The van der Waals surface area contributed by atoms with E-state index in [1.165, 1.54) is 75.3 Å². The highest BCUT2D eigenvalue weighted by molar-refractivity contribution is 7.85. The third-order valence-corrected chi connectivity index (χ3v) is 6.41. The zero-order valence-electron chi connectivity index (χ0n) is 19.3. The molecule has 0 amide bonds. The number of aliphatic hydroxyl groups is 1. The van der Waals surface area contributed by atoms with Gasteiger partial charge in [0.1, 0.15) is 19.2 Å². The van der Waals surface area contributed by atoms with Crippen molar-refractivity contribution in [1.29, 1.82) is 0 Å². The van der Waals surface area contributed by atoms with E-state index in [1.54, 1.807) is 0 Å². The number of rotatable bonds is 17. The average Bonchev–Trinajstić information content (AvgIpc) is 2.62. The average molecular weight is 442 g/mol. The maximum absolute atomic E-state index is 10.9. The second kappa shape index (κ2) is 14.2. The van der Waals surface area contributed by atoms with Gasteiger partial charge in [0.15, 0.2) is 0 Å². The molecule has 0 saturated carbocycles. The van der Waals surface area contributed by atoms with Crippen molar-refractivity contribution >= 4 is 10.1 Å². The van der Waals surface area contributed by atoms with Gasteiger partial charge in [-0.1, -0.05) is 89.0 Å². The Morgan fingerprint density at radius 1 is 0.900 bits per heavy atom. The van der Waals surface area contributed by atoms with Crippen LogP contribution in [0.15, 0.2) is 24.3 Å². The fourth-order valence-electron chi connectivity index (χ4n) is 4.14.